The van der Waals surface area contributed by atoms with Gasteiger partial charge in [0.05, 0.1) is 18.8 Å². The Hall–Kier alpha value is -1.29. The Balaban J connectivity index is 2.28. The topological polar surface area (TPSA) is 38.5 Å². The quantitative estimate of drug-likeness (QED) is 0.804. The number of halogens is 1. The molecule has 2 unspecified atom stereocenters. The molecule has 0 amide bonds. The molecule has 2 N–H and O–H groups in total. The van der Waals surface area contributed by atoms with Crippen molar-refractivity contribution < 1.29 is 9.13 Å². The Morgan fingerprint density at radius 2 is 2.24 bits per heavy atom. The van der Waals surface area contributed by atoms with Crippen molar-refractivity contribution in [2.75, 3.05) is 23.8 Å². The van der Waals surface area contributed by atoms with Crippen LogP contribution in [0.3, 0.4) is 0 Å². The fourth-order valence-electron chi connectivity index (χ4n) is 2.26. The van der Waals surface area contributed by atoms with Crippen LogP contribution in [0.4, 0.5) is 15.8 Å². The summed E-state index contributed by atoms with van der Waals surface area (Å²) in [6, 6.07) is 5.00. The van der Waals surface area contributed by atoms with E-state index in [1.807, 2.05) is 13.0 Å². The zero-order valence-corrected chi connectivity index (χ0v) is 10.3. The Labute approximate surface area is 101 Å². The average molecular weight is 238 g/mol. The highest BCUT2D eigenvalue weighted by atomic mass is 19.1. The number of morpholine rings is 1. The summed E-state index contributed by atoms with van der Waals surface area (Å²) in [5.41, 5.74) is 7.01. The molecule has 1 aromatic carbocycles. The van der Waals surface area contributed by atoms with Gasteiger partial charge in [-0.05, 0) is 31.5 Å². The first kappa shape index (κ1) is 12.2. The van der Waals surface area contributed by atoms with Crippen LogP contribution in [0.5, 0.6) is 0 Å². The van der Waals surface area contributed by atoms with E-state index in [2.05, 4.69) is 11.8 Å². The summed E-state index contributed by atoms with van der Waals surface area (Å²) < 4.78 is 19.0. The SMILES string of the molecule is CCC1COC(C)CN1c1cc(N)cc(F)c1. The number of nitrogens with zero attached hydrogens (tertiary/aromatic N) is 1. The Morgan fingerprint density at radius 1 is 1.47 bits per heavy atom. The van der Waals surface area contributed by atoms with Crippen LogP contribution < -0.4 is 10.6 Å². The van der Waals surface area contributed by atoms with Gasteiger partial charge in [-0.1, -0.05) is 6.92 Å². The highest BCUT2D eigenvalue weighted by Crippen LogP contribution is 2.26. The van der Waals surface area contributed by atoms with Crippen LogP contribution in [0.1, 0.15) is 20.3 Å². The van der Waals surface area contributed by atoms with E-state index in [0.717, 1.165) is 18.7 Å². The molecule has 4 heteroatoms. The Bertz CT molecular complexity index is 377. The molecule has 0 radical (unpaired) electrons. The predicted octanol–water partition coefficient (Wildman–Crippen LogP) is 2.41. The molecule has 2 atom stereocenters. The van der Waals surface area contributed by atoms with E-state index in [4.69, 9.17) is 10.5 Å². The zero-order valence-electron chi connectivity index (χ0n) is 10.3. The van der Waals surface area contributed by atoms with Crippen molar-refractivity contribution in [2.24, 2.45) is 0 Å². The van der Waals surface area contributed by atoms with Gasteiger partial charge in [0.25, 0.3) is 0 Å². The standard InChI is InChI=1S/C13H19FN2O/c1-3-12-8-17-9(2)7-16(12)13-5-10(14)4-11(15)6-13/h4-6,9,12H,3,7-8,15H2,1-2H3. The van der Waals surface area contributed by atoms with Crippen LogP contribution in [-0.2, 0) is 4.74 Å². The Morgan fingerprint density at radius 3 is 2.88 bits per heavy atom. The van der Waals surface area contributed by atoms with Crippen molar-refractivity contribution in [1.29, 1.82) is 0 Å². The minimum Gasteiger partial charge on any atom is -0.399 e. The lowest BCUT2D eigenvalue weighted by molar-refractivity contribution is 0.0299. The number of nitrogen functional groups attached to an aromatic ring is 1. The fraction of sp³-hybridized carbons (Fsp3) is 0.538. The summed E-state index contributed by atoms with van der Waals surface area (Å²) in [4.78, 5) is 2.19. The van der Waals surface area contributed by atoms with E-state index in [1.165, 1.54) is 12.1 Å². The van der Waals surface area contributed by atoms with Gasteiger partial charge >= 0.3 is 0 Å². The number of ether oxygens (including phenoxy) is 1. The monoisotopic (exact) mass is 238 g/mol. The molecule has 1 fully saturated rings. The van der Waals surface area contributed by atoms with Crippen LogP contribution in [-0.4, -0.2) is 25.3 Å². The van der Waals surface area contributed by atoms with E-state index in [9.17, 15) is 4.39 Å². The van der Waals surface area contributed by atoms with Crippen LogP contribution >= 0.6 is 0 Å². The molecule has 0 aromatic heterocycles. The van der Waals surface area contributed by atoms with Gasteiger partial charge in [0.2, 0.25) is 0 Å². The largest absolute Gasteiger partial charge is 0.399 e. The van der Waals surface area contributed by atoms with Crippen molar-refractivity contribution in [3.63, 3.8) is 0 Å². The fourth-order valence-corrected chi connectivity index (χ4v) is 2.26. The van der Waals surface area contributed by atoms with Gasteiger partial charge in [0.15, 0.2) is 0 Å². The van der Waals surface area contributed by atoms with Crippen molar-refractivity contribution >= 4 is 11.4 Å². The molecule has 1 heterocycles. The average Bonchev–Trinajstić information content (AvgIpc) is 2.27. The molecule has 0 spiro atoms. The highest BCUT2D eigenvalue weighted by molar-refractivity contribution is 5.57. The van der Waals surface area contributed by atoms with E-state index in [-0.39, 0.29) is 11.9 Å². The lowest BCUT2D eigenvalue weighted by Crippen LogP contribution is -2.48. The van der Waals surface area contributed by atoms with Gasteiger partial charge < -0.3 is 15.4 Å². The first-order chi connectivity index (χ1) is 8.10. The lowest BCUT2D eigenvalue weighted by atomic mass is 10.1. The second-order valence-corrected chi connectivity index (χ2v) is 4.60. The van der Waals surface area contributed by atoms with Crippen molar-refractivity contribution in [2.45, 2.75) is 32.4 Å². The summed E-state index contributed by atoms with van der Waals surface area (Å²) in [7, 11) is 0. The van der Waals surface area contributed by atoms with Crippen molar-refractivity contribution in [1.82, 2.24) is 0 Å². The molecular formula is C13H19FN2O. The molecular weight excluding hydrogens is 219 g/mol. The van der Waals surface area contributed by atoms with Gasteiger partial charge in [0.1, 0.15) is 5.82 Å². The molecule has 1 aliphatic rings. The molecule has 0 bridgehead atoms. The maximum absolute atomic E-state index is 13.4. The first-order valence-corrected chi connectivity index (χ1v) is 6.04. The van der Waals surface area contributed by atoms with E-state index in [1.54, 1.807) is 0 Å². The zero-order chi connectivity index (χ0) is 12.4. The highest BCUT2D eigenvalue weighted by Gasteiger charge is 2.26. The Kier molecular flexibility index (Phi) is 3.52. The normalized spacial score (nSPS) is 25.0. The van der Waals surface area contributed by atoms with Crippen LogP contribution in [0.15, 0.2) is 18.2 Å². The van der Waals surface area contributed by atoms with Gasteiger partial charge in [0, 0.05) is 17.9 Å². The third kappa shape index (κ3) is 2.69. The molecule has 17 heavy (non-hydrogen) atoms. The maximum Gasteiger partial charge on any atom is 0.127 e. The smallest absolute Gasteiger partial charge is 0.127 e. The van der Waals surface area contributed by atoms with Gasteiger partial charge in [-0.25, -0.2) is 4.39 Å². The molecule has 0 aliphatic carbocycles. The van der Waals surface area contributed by atoms with Crippen LogP contribution in [0.2, 0.25) is 0 Å². The van der Waals surface area contributed by atoms with Crippen LogP contribution in [0, 0.1) is 5.82 Å². The minimum atomic E-state index is -0.283. The molecule has 0 saturated carbocycles. The number of nitrogens with two attached hydrogens (primary N) is 1. The lowest BCUT2D eigenvalue weighted by Gasteiger charge is -2.40. The van der Waals surface area contributed by atoms with Crippen molar-refractivity contribution in [3.8, 4) is 0 Å². The third-order valence-corrected chi connectivity index (χ3v) is 3.18. The number of hydrogen-bond acceptors (Lipinski definition) is 3. The third-order valence-electron chi connectivity index (χ3n) is 3.18. The first-order valence-electron chi connectivity index (χ1n) is 6.04. The maximum atomic E-state index is 13.4. The summed E-state index contributed by atoms with van der Waals surface area (Å²) in [5, 5.41) is 0. The second-order valence-electron chi connectivity index (χ2n) is 4.60. The van der Waals surface area contributed by atoms with Crippen LogP contribution in [0.25, 0.3) is 0 Å². The molecule has 3 nitrogen and oxygen atoms in total. The molecule has 1 saturated heterocycles. The van der Waals surface area contributed by atoms with E-state index >= 15 is 0 Å². The number of rotatable bonds is 2. The summed E-state index contributed by atoms with van der Waals surface area (Å²) in [5.74, 6) is -0.283. The number of benzene rings is 1. The summed E-state index contributed by atoms with van der Waals surface area (Å²) >= 11 is 0. The summed E-state index contributed by atoms with van der Waals surface area (Å²) in [6.45, 7) is 5.61. The molecule has 94 valence electrons. The number of hydrogen-bond donors (Lipinski definition) is 1. The molecule has 2 rings (SSSR count). The van der Waals surface area contributed by atoms with Gasteiger partial charge in [-0.2, -0.15) is 0 Å². The van der Waals surface area contributed by atoms with E-state index in [0.29, 0.717) is 18.3 Å². The molecule has 1 aliphatic heterocycles. The van der Waals surface area contributed by atoms with Crippen molar-refractivity contribution in [3.05, 3.63) is 24.0 Å². The predicted molar refractivity (Wildman–Crippen MR) is 67.7 cm³/mol. The molecule has 1 aromatic rings. The van der Waals surface area contributed by atoms with Gasteiger partial charge in [-0.3, -0.25) is 0 Å². The van der Waals surface area contributed by atoms with E-state index < -0.39 is 0 Å². The minimum absolute atomic E-state index is 0.169. The second kappa shape index (κ2) is 4.92. The van der Waals surface area contributed by atoms with Gasteiger partial charge in [-0.15, -0.1) is 0 Å². The number of anilines is 2. The summed E-state index contributed by atoms with van der Waals surface area (Å²) in [6.07, 6.45) is 1.14.